The molecule has 4 nitrogen and oxygen atoms in total. The number of carbonyl (C=O) groups excluding carboxylic acids is 1. The molecule has 0 bridgehead atoms. The molecule has 1 rings (SSSR count). The van der Waals surface area contributed by atoms with Crippen LogP contribution in [-0.4, -0.2) is 23.7 Å². The fraction of sp³-hybridized carbons (Fsp3) is 0.273. The second-order valence-electron chi connectivity index (χ2n) is 3.21. The van der Waals surface area contributed by atoms with Gasteiger partial charge in [0.2, 0.25) is 0 Å². The Kier molecular flexibility index (Phi) is 4.77. The van der Waals surface area contributed by atoms with Crippen LogP contribution in [0.15, 0.2) is 24.3 Å². The Morgan fingerprint density at radius 3 is 2.88 bits per heavy atom. The molecule has 2 N–H and O–H groups in total. The molecular weight excluding hydrogens is 228 g/mol. The molecule has 84 valence electrons. The molecule has 5 heteroatoms. The molecule has 0 saturated heterocycles. The minimum atomic E-state index is -0.851. The average molecular weight is 239 g/mol. The summed E-state index contributed by atoms with van der Waals surface area (Å²) in [6, 6.07) is 8.45. The van der Waals surface area contributed by atoms with Gasteiger partial charge in [-0.25, -0.2) is 0 Å². The zero-order chi connectivity index (χ0) is 12.0. The number of benzene rings is 1. The van der Waals surface area contributed by atoms with Gasteiger partial charge in [0.05, 0.1) is 29.2 Å². The van der Waals surface area contributed by atoms with Crippen molar-refractivity contribution in [3.63, 3.8) is 0 Å². The highest BCUT2D eigenvalue weighted by atomic mass is 35.5. The second-order valence-corrected chi connectivity index (χ2v) is 3.61. The van der Waals surface area contributed by atoms with Gasteiger partial charge in [0.1, 0.15) is 0 Å². The van der Waals surface area contributed by atoms with Crippen LogP contribution in [0.5, 0.6) is 0 Å². The topological polar surface area (TPSA) is 73.1 Å². The van der Waals surface area contributed by atoms with E-state index in [4.69, 9.17) is 16.9 Å². The highest BCUT2D eigenvalue weighted by molar-refractivity contribution is 6.33. The molecule has 0 aliphatic carbocycles. The summed E-state index contributed by atoms with van der Waals surface area (Å²) in [4.78, 5) is 11.6. The van der Waals surface area contributed by atoms with Crippen LogP contribution < -0.4 is 5.32 Å². The van der Waals surface area contributed by atoms with Crippen LogP contribution in [0, 0.1) is 11.3 Å². The molecule has 0 fully saturated rings. The Balaban J connectivity index is 2.54. The average Bonchev–Trinajstić information content (AvgIpc) is 2.27. The molecule has 0 unspecified atom stereocenters. The first-order valence-electron chi connectivity index (χ1n) is 4.73. The first-order chi connectivity index (χ1) is 7.65. The summed E-state index contributed by atoms with van der Waals surface area (Å²) in [5.41, 5.74) is 0.355. The third-order valence-corrected chi connectivity index (χ3v) is 2.27. The maximum absolute atomic E-state index is 11.6. The summed E-state index contributed by atoms with van der Waals surface area (Å²) < 4.78 is 0. The summed E-state index contributed by atoms with van der Waals surface area (Å²) in [6.07, 6.45) is -0.862. The zero-order valence-electron chi connectivity index (χ0n) is 8.48. The van der Waals surface area contributed by atoms with E-state index in [9.17, 15) is 9.90 Å². The van der Waals surface area contributed by atoms with Crippen molar-refractivity contribution in [3.8, 4) is 6.07 Å². The predicted octanol–water partition coefficient (Wildman–Crippen LogP) is 1.34. The lowest BCUT2D eigenvalue weighted by atomic mass is 10.2. The van der Waals surface area contributed by atoms with E-state index in [1.54, 1.807) is 24.3 Å². The highest BCUT2D eigenvalue weighted by Gasteiger charge is 2.10. The van der Waals surface area contributed by atoms with E-state index in [0.29, 0.717) is 10.6 Å². The van der Waals surface area contributed by atoms with Gasteiger partial charge in [0.15, 0.2) is 0 Å². The lowest BCUT2D eigenvalue weighted by Gasteiger charge is -2.09. The van der Waals surface area contributed by atoms with Crippen molar-refractivity contribution in [1.82, 2.24) is 5.32 Å². The molecule has 0 spiro atoms. The Hall–Kier alpha value is -1.57. The molecule has 0 heterocycles. The number of nitriles is 1. The third kappa shape index (κ3) is 3.54. The van der Waals surface area contributed by atoms with Gasteiger partial charge in [-0.05, 0) is 12.1 Å². The van der Waals surface area contributed by atoms with Gasteiger partial charge in [-0.15, -0.1) is 0 Å². The fourth-order valence-corrected chi connectivity index (χ4v) is 1.35. The van der Waals surface area contributed by atoms with E-state index in [0.717, 1.165) is 0 Å². The molecule has 0 radical (unpaired) electrons. The van der Waals surface area contributed by atoms with Gasteiger partial charge >= 0.3 is 0 Å². The number of rotatable bonds is 4. The molecule has 16 heavy (non-hydrogen) atoms. The molecule has 0 aromatic heterocycles. The first-order valence-corrected chi connectivity index (χ1v) is 5.10. The maximum atomic E-state index is 11.6. The molecule has 0 aliphatic heterocycles. The number of nitrogens with one attached hydrogen (secondary N) is 1. The molecular formula is C11H11ClN2O2. The van der Waals surface area contributed by atoms with Crippen LogP contribution in [0.3, 0.4) is 0 Å². The van der Waals surface area contributed by atoms with Crippen LogP contribution in [0.25, 0.3) is 0 Å². The van der Waals surface area contributed by atoms with E-state index in [-0.39, 0.29) is 18.9 Å². The minimum Gasteiger partial charge on any atom is -0.390 e. The number of aliphatic hydroxyl groups excluding tert-OH is 1. The number of aliphatic hydroxyl groups is 1. The number of hydrogen-bond donors (Lipinski definition) is 2. The van der Waals surface area contributed by atoms with E-state index < -0.39 is 6.10 Å². The van der Waals surface area contributed by atoms with Crippen molar-refractivity contribution >= 4 is 17.5 Å². The summed E-state index contributed by atoms with van der Waals surface area (Å²) in [6.45, 7) is 0.0393. The number of hydrogen-bond acceptors (Lipinski definition) is 3. The number of nitrogens with zero attached hydrogens (tertiary/aromatic N) is 1. The third-order valence-electron chi connectivity index (χ3n) is 1.94. The lowest BCUT2D eigenvalue weighted by molar-refractivity contribution is 0.0918. The van der Waals surface area contributed by atoms with Crippen molar-refractivity contribution in [1.29, 1.82) is 5.26 Å². The van der Waals surface area contributed by atoms with E-state index in [1.165, 1.54) is 0 Å². The number of amides is 1. The Labute approximate surface area is 98.5 Å². The van der Waals surface area contributed by atoms with Crippen molar-refractivity contribution in [3.05, 3.63) is 34.9 Å². The van der Waals surface area contributed by atoms with Gasteiger partial charge in [0, 0.05) is 6.54 Å². The Bertz CT molecular complexity index is 415. The van der Waals surface area contributed by atoms with Crippen molar-refractivity contribution in [2.45, 2.75) is 12.5 Å². The summed E-state index contributed by atoms with van der Waals surface area (Å²) in [7, 11) is 0. The smallest absolute Gasteiger partial charge is 0.252 e. The summed E-state index contributed by atoms with van der Waals surface area (Å²) in [5.74, 6) is -0.359. The molecule has 1 aromatic carbocycles. The normalized spacial score (nSPS) is 11.6. The molecule has 0 saturated carbocycles. The summed E-state index contributed by atoms with van der Waals surface area (Å²) in [5, 5.41) is 20.4. The van der Waals surface area contributed by atoms with Crippen LogP contribution >= 0.6 is 11.6 Å². The molecule has 1 amide bonds. The SMILES string of the molecule is N#CC[C@H](O)CNC(=O)c1ccccc1Cl. The zero-order valence-corrected chi connectivity index (χ0v) is 9.24. The van der Waals surface area contributed by atoms with E-state index >= 15 is 0 Å². The van der Waals surface area contributed by atoms with Crippen molar-refractivity contribution < 1.29 is 9.90 Å². The second kappa shape index (κ2) is 6.11. The lowest BCUT2D eigenvalue weighted by Crippen LogP contribution is -2.32. The van der Waals surface area contributed by atoms with Gasteiger partial charge < -0.3 is 10.4 Å². The van der Waals surface area contributed by atoms with Gasteiger partial charge in [0.25, 0.3) is 5.91 Å². The van der Waals surface area contributed by atoms with Crippen LogP contribution in [-0.2, 0) is 0 Å². The Morgan fingerprint density at radius 2 is 2.25 bits per heavy atom. The molecule has 1 aromatic rings. The summed E-state index contributed by atoms with van der Waals surface area (Å²) >= 11 is 5.82. The monoisotopic (exact) mass is 238 g/mol. The quantitative estimate of drug-likeness (QED) is 0.832. The van der Waals surface area contributed by atoms with Crippen molar-refractivity contribution in [2.24, 2.45) is 0 Å². The van der Waals surface area contributed by atoms with Gasteiger partial charge in [-0.3, -0.25) is 4.79 Å². The van der Waals surface area contributed by atoms with Gasteiger partial charge in [-0.2, -0.15) is 5.26 Å². The maximum Gasteiger partial charge on any atom is 0.252 e. The van der Waals surface area contributed by atoms with Gasteiger partial charge in [-0.1, -0.05) is 23.7 Å². The van der Waals surface area contributed by atoms with Crippen molar-refractivity contribution in [2.75, 3.05) is 6.54 Å². The minimum absolute atomic E-state index is 0.0111. The van der Waals surface area contributed by atoms with Crippen LogP contribution in [0.1, 0.15) is 16.8 Å². The molecule has 0 aliphatic rings. The first kappa shape index (κ1) is 12.5. The Morgan fingerprint density at radius 1 is 1.56 bits per heavy atom. The van der Waals surface area contributed by atoms with Crippen LogP contribution in [0.2, 0.25) is 5.02 Å². The van der Waals surface area contributed by atoms with E-state index in [1.807, 2.05) is 6.07 Å². The largest absolute Gasteiger partial charge is 0.390 e. The predicted molar refractivity (Wildman–Crippen MR) is 60.0 cm³/mol. The standard InChI is InChI=1S/C11H11ClN2O2/c12-10-4-2-1-3-9(10)11(16)14-7-8(15)5-6-13/h1-4,8,15H,5,7H2,(H,14,16)/t8-/m0/s1. The number of carbonyl (C=O) groups is 1. The molecule has 1 atom stereocenters. The van der Waals surface area contributed by atoms with E-state index in [2.05, 4.69) is 5.32 Å². The number of halogens is 1. The van der Waals surface area contributed by atoms with Crippen LogP contribution in [0.4, 0.5) is 0 Å². The fourth-order valence-electron chi connectivity index (χ4n) is 1.13. The highest BCUT2D eigenvalue weighted by Crippen LogP contribution is 2.14.